The summed E-state index contributed by atoms with van der Waals surface area (Å²) in [4.78, 5) is 16.2. The van der Waals surface area contributed by atoms with Gasteiger partial charge in [0.25, 0.3) is 0 Å². The number of aryl methyl sites for hydroxylation is 1. The van der Waals surface area contributed by atoms with Gasteiger partial charge in [-0.3, -0.25) is 14.8 Å². The molecule has 0 saturated carbocycles. The summed E-state index contributed by atoms with van der Waals surface area (Å²) in [6.07, 6.45) is 3.10. The van der Waals surface area contributed by atoms with Gasteiger partial charge in [0, 0.05) is 0 Å². The topological polar surface area (TPSA) is 77.6 Å². The predicted molar refractivity (Wildman–Crippen MR) is 90.9 cm³/mol. The molecule has 3 aromatic rings. The number of aromatic nitrogens is 5. The molecule has 0 aliphatic heterocycles. The van der Waals surface area contributed by atoms with Gasteiger partial charge in [0.15, 0.2) is 0 Å². The number of carbonyl (C=O) groups excluding carboxylic acids is 1. The van der Waals surface area contributed by atoms with Crippen molar-refractivity contribution >= 4 is 23.5 Å². The van der Waals surface area contributed by atoms with Gasteiger partial charge < -0.3 is 0 Å². The SMILES string of the molecule is Cc1cccc(Cn2cnc(NC(=O)Cn3ncc(Cl)c3C)n2)c1. The number of hydrogen-bond donors (Lipinski definition) is 1. The quantitative estimate of drug-likeness (QED) is 0.771. The fourth-order valence-electron chi connectivity index (χ4n) is 2.31. The maximum Gasteiger partial charge on any atom is 0.248 e. The first-order valence-electron chi connectivity index (χ1n) is 7.44. The molecule has 1 amide bonds. The van der Waals surface area contributed by atoms with Crippen LogP contribution in [-0.2, 0) is 17.9 Å². The number of nitrogens with zero attached hydrogens (tertiary/aromatic N) is 5. The van der Waals surface area contributed by atoms with Crippen LogP contribution in [0.2, 0.25) is 5.02 Å². The van der Waals surface area contributed by atoms with E-state index in [-0.39, 0.29) is 18.4 Å². The lowest BCUT2D eigenvalue weighted by Gasteiger charge is -2.04. The van der Waals surface area contributed by atoms with Gasteiger partial charge in [-0.05, 0) is 19.4 Å². The molecule has 124 valence electrons. The summed E-state index contributed by atoms with van der Waals surface area (Å²) in [6.45, 7) is 4.50. The zero-order valence-electron chi connectivity index (χ0n) is 13.4. The molecule has 0 radical (unpaired) electrons. The molecule has 7 nitrogen and oxygen atoms in total. The lowest BCUT2D eigenvalue weighted by atomic mass is 10.1. The molecule has 0 aliphatic carbocycles. The molecule has 0 bridgehead atoms. The fourth-order valence-corrected chi connectivity index (χ4v) is 2.45. The van der Waals surface area contributed by atoms with E-state index in [1.807, 2.05) is 25.1 Å². The summed E-state index contributed by atoms with van der Waals surface area (Å²) >= 11 is 5.92. The van der Waals surface area contributed by atoms with Crippen LogP contribution in [0.4, 0.5) is 5.95 Å². The number of carbonyl (C=O) groups is 1. The van der Waals surface area contributed by atoms with Gasteiger partial charge in [0.1, 0.15) is 12.9 Å². The van der Waals surface area contributed by atoms with Gasteiger partial charge >= 0.3 is 0 Å². The molecule has 0 fully saturated rings. The number of rotatable bonds is 5. The van der Waals surface area contributed by atoms with E-state index in [0.717, 1.165) is 11.3 Å². The van der Waals surface area contributed by atoms with Gasteiger partial charge in [0.05, 0.1) is 23.5 Å². The van der Waals surface area contributed by atoms with Gasteiger partial charge in [-0.25, -0.2) is 9.67 Å². The van der Waals surface area contributed by atoms with Gasteiger partial charge in [-0.15, -0.1) is 5.10 Å². The molecular formula is C16H17ClN6O. The molecular weight excluding hydrogens is 328 g/mol. The second kappa shape index (κ2) is 6.84. The molecule has 0 spiro atoms. The Morgan fingerprint density at radius 3 is 2.88 bits per heavy atom. The van der Waals surface area contributed by atoms with Crippen LogP contribution in [0, 0.1) is 13.8 Å². The molecule has 0 unspecified atom stereocenters. The normalized spacial score (nSPS) is 10.8. The van der Waals surface area contributed by atoms with Gasteiger partial charge in [-0.1, -0.05) is 41.4 Å². The Labute approximate surface area is 144 Å². The molecule has 2 aromatic heterocycles. The average Bonchev–Trinajstić information content (AvgIpc) is 3.09. The highest BCUT2D eigenvalue weighted by atomic mass is 35.5. The number of hydrogen-bond acceptors (Lipinski definition) is 4. The van der Waals surface area contributed by atoms with Crippen molar-refractivity contribution in [3.05, 3.63) is 58.6 Å². The molecule has 24 heavy (non-hydrogen) atoms. The maximum atomic E-state index is 12.1. The monoisotopic (exact) mass is 344 g/mol. The van der Waals surface area contributed by atoms with Crippen LogP contribution in [0.3, 0.4) is 0 Å². The number of nitrogens with one attached hydrogen (secondary N) is 1. The summed E-state index contributed by atoms with van der Waals surface area (Å²) in [7, 11) is 0. The predicted octanol–water partition coefficient (Wildman–Crippen LogP) is 2.43. The summed E-state index contributed by atoms with van der Waals surface area (Å²) in [5.74, 6) is 0.00901. The van der Waals surface area contributed by atoms with Crippen molar-refractivity contribution in [3.63, 3.8) is 0 Å². The van der Waals surface area contributed by atoms with Crippen molar-refractivity contribution in [2.75, 3.05) is 5.32 Å². The Morgan fingerprint density at radius 2 is 2.17 bits per heavy atom. The Hall–Kier alpha value is -2.67. The Bertz CT molecular complexity index is 869. The first-order chi connectivity index (χ1) is 11.5. The average molecular weight is 345 g/mol. The van der Waals surface area contributed by atoms with Crippen LogP contribution >= 0.6 is 11.6 Å². The lowest BCUT2D eigenvalue weighted by Crippen LogP contribution is -2.21. The zero-order valence-corrected chi connectivity index (χ0v) is 14.2. The third-order valence-electron chi connectivity index (χ3n) is 3.55. The van der Waals surface area contributed by atoms with E-state index in [4.69, 9.17) is 11.6 Å². The van der Waals surface area contributed by atoms with E-state index >= 15 is 0 Å². The van der Waals surface area contributed by atoms with Gasteiger partial charge in [-0.2, -0.15) is 5.10 Å². The van der Waals surface area contributed by atoms with E-state index in [1.165, 1.54) is 16.4 Å². The van der Waals surface area contributed by atoms with Crippen LogP contribution in [0.25, 0.3) is 0 Å². The van der Waals surface area contributed by atoms with Crippen LogP contribution in [-0.4, -0.2) is 30.5 Å². The van der Waals surface area contributed by atoms with Crippen LogP contribution in [0.15, 0.2) is 36.8 Å². The first-order valence-corrected chi connectivity index (χ1v) is 7.82. The highest BCUT2D eigenvalue weighted by Gasteiger charge is 2.11. The van der Waals surface area contributed by atoms with Crippen molar-refractivity contribution in [3.8, 4) is 0 Å². The summed E-state index contributed by atoms with van der Waals surface area (Å²) in [6, 6.07) is 8.16. The highest BCUT2D eigenvalue weighted by molar-refractivity contribution is 6.31. The molecule has 2 heterocycles. The van der Waals surface area contributed by atoms with Crippen LogP contribution < -0.4 is 5.32 Å². The summed E-state index contributed by atoms with van der Waals surface area (Å²) in [5.41, 5.74) is 3.05. The third-order valence-corrected chi connectivity index (χ3v) is 3.92. The van der Waals surface area contributed by atoms with E-state index in [0.29, 0.717) is 11.6 Å². The van der Waals surface area contributed by atoms with Crippen molar-refractivity contribution < 1.29 is 4.79 Å². The van der Waals surface area contributed by atoms with Crippen molar-refractivity contribution in [2.24, 2.45) is 0 Å². The van der Waals surface area contributed by atoms with Gasteiger partial charge in [0.2, 0.25) is 11.9 Å². The minimum Gasteiger partial charge on any atom is -0.292 e. The zero-order chi connectivity index (χ0) is 17.1. The summed E-state index contributed by atoms with van der Waals surface area (Å²) < 4.78 is 3.21. The minimum atomic E-state index is -0.258. The Morgan fingerprint density at radius 1 is 1.33 bits per heavy atom. The number of benzene rings is 1. The second-order valence-corrected chi connectivity index (χ2v) is 5.95. The molecule has 1 N–H and O–H groups in total. The van der Waals surface area contributed by atoms with E-state index in [9.17, 15) is 4.79 Å². The first kappa shape index (κ1) is 16.2. The molecule has 1 aromatic carbocycles. The van der Waals surface area contributed by atoms with E-state index < -0.39 is 0 Å². The Kier molecular flexibility index (Phi) is 4.61. The summed E-state index contributed by atoms with van der Waals surface area (Å²) in [5, 5.41) is 11.5. The molecule has 0 atom stereocenters. The van der Waals surface area contributed by atoms with E-state index in [2.05, 4.69) is 26.6 Å². The van der Waals surface area contributed by atoms with Crippen LogP contribution in [0.5, 0.6) is 0 Å². The molecule has 3 rings (SSSR count). The second-order valence-electron chi connectivity index (χ2n) is 5.54. The minimum absolute atomic E-state index is 0.0605. The molecule has 0 saturated heterocycles. The standard InChI is InChI=1S/C16H17ClN6O/c1-11-4-3-5-13(6-11)8-22-10-18-16(21-22)20-15(24)9-23-12(2)14(17)7-19-23/h3-7,10H,8-9H2,1-2H3,(H,20,21,24). The third kappa shape index (κ3) is 3.80. The van der Waals surface area contributed by atoms with E-state index in [1.54, 1.807) is 17.9 Å². The van der Waals surface area contributed by atoms with Crippen molar-refractivity contribution in [1.82, 2.24) is 24.5 Å². The largest absolute Gasteiger partial charge is 0.292 e. The maximum absolute atomic E-state index is 12.1. The van der Waals surface area contributed by atoms with Crippen molar-refractivity contribution in [2.45, 2.75) is 26.9 Å². The molecule has 8 heteroatoms. The number of anilines is 1. The molecule has 0 aliphatic rings. The fraction of sp³-hybridized carbons (Fsp3) is 0.250. The number of amides is 1. The Balaban J connectivity index is 1.61. The smallest absolute Gasteiger partial charge is 0.248 e. The van der Waals surface area contributed by atoms with Crippen LogP contribution in [0.1, 0.15) is 16.8 Å². The highest BCUT2D eigenvalue weighted by Crippen LogP contribution is 2.13. The number of halogens is 1. The van der Waals surface area contributed by atoms with Crippen molar-refractivity contribution in [1.29, 1.82) is 0 Å². The lowest BCUT2D eigenvalue weighted by molar-refractivity contribution is -0.117.